The first-order valence-electron chi connectivity index (χ1n) is 4.43. The molecule has 5 N–H and O–H groups in total. The lowest BCUT2D eigenvalue weighted by Gasteiger charge is -2.06. The first-order valence-corrected chi connectivity index (χ1v) is 4.84. The van der Waals surface area contributed by atoms with E-state index in [1.165, 1.54) is 12.4 Å². The first kappa shape index (κ1) is 12.3. The van der Waals surface area contributed by atoms with Gasteiger partial charge in [0.1, 0.15) is 5.75 Å². The van der Waals surface area contributed by atoms with Gasteiger partial charge in [-0.2, -0.15) is 5.10 Å². The lowest BCUT2D eigenvalue weighted by Crippen LogP contribution is -2.24. The second-order valence-corrected chi connectivity index (χ2v) is 3.46. The molecule has 1 aromatic rings. The zero-order valence-electron chi connectivity index (χ0n) is 8.64. The quantitative estimate of drug-likeness (QED) is 0.330. The van der Waals surface area contributed by atoms with Gasteiger partial charge in [-0.15, -0.1) is 0 Å². The fourth-order valence-electron chi connectivity index (χ4n) is 1.08. The molecular weight excluding hydrogens is 228 g/mol. The number of aliphatic hydroxyl groups excluding tert-OH is 1. The predicted octanol–water partition coefficient (Wildman–Crippen LogP) is -0.245. The molecule has 0 aliphatic carbocycles. The van der Waals surface area contributed by atoms with Gasteiger partial charge in [0.05, 0.1) is 18.5 Å². The van der Waals surface area contributed by atoms with E-state index in [4.69, 9.17) is 10.8 Å². The van der Waals surface area contributed by atoms with E-state index >= 15 is 0 Å². The van der Waals surface area contributed by atoms with Crippen LogP contribution in [0.1, 0.15) is 16.8 Å². The molecule has 0 spiro atoms. The number of aryl methyl sites for hydroxylation is 1. The molecule has 0 amide bonds. The lowest BCUT2D eigenvalue weighted by atomic mass is 10.1. The van der Waals surface area contributed by atoms with E-state index in [-0.39, 0.29) is 17.5 Å². The molecule has 1 rings (SSSR count). The van der Waals surface area contributed by atoms with Gasteiger partial charge >= 0.3 is 0 Å². The number of rotatable bonds is 3. The van der Waals surface area contributed by atoms with Crippen LogP contribution in [0.2, 0.25) is 0 Å². The molecule has 0 bridgehead atoms. The molecule has 0 saturated carbocycles. The Labute approximate surface area is 97.8 Å². The molecule has 0 saturated heterocycles. The summed E-state index contributed by atoms with van der Waals surface area (Å²) in [5, 5.41) is 22.5. The number of hydrogen-bond acceptors (Lipinski definition) is 5. The maximum absolute atomic E-state index is 9.72. The van der Waals surface area contributed by atoms with Crippen LogP contribution in [0.3, 0.4) is 0 Å². The van der Waals surface area contributed by atoms with Gasteiger partial charge in [0.15, 0.2) is 5.11 Å². The van der Waals surface area contributed by atoms with Gasteiger partial charge in [0.25, 0.3) is 0 Å². The van der Waals surface area contributed by atoms with Crippen molar-refractivity contribution < 1.29 is 10.2 Å². The van der Waals surface area contributed by atoms with Crippen LogP contribution in [0.5, 0.6) is 5.75 Å². The molecule has 0 atom stereocenters. The van der Waals surface area contributed by atoms with Crippen LogP contribution >= 0.6 is 12.2 Å². The molecule has 6 nitrogen and oxygen atoms in total. The van der Waals surface area contributed by atoms with Crippen molar-refractivity contribution in [3.63, 3.8) is 0 Å². The summed E-state index contributed by atoms with van der Waals surface area (Å²) in [5.41, 5.74) is 8.84. The predicted molar refractivity (Wildman–Crippen MR) is 64.1 cm³/mol. The summed E-state index contributed by atoms with van der Waals surface area (Å²) >= 11 is 4.56. The van der Waals surface area contributed by atoms with Gasteiger partial charge in [-0.1, -0.05) is 0 Å². The van der Waals surface area contributed by atoms with Crippen LogP contribution in [0.25, 0.3) is 0 Å². The van der Waals surface area contributed by atoms with Crippen molar-refractivity contribution in [2.45, 2.75) is 13.5 Å². The summed E-state index contributed by atoms with van der Waals surface area (Å²) < 4.78 is 0. The molecule has 16 heavy (non-hydrogen) atoms. The summed E-state index contributed by atoms with van der Waals surface area (Å²) in [6.45, 7) is 1.41. The van der Waals surface area contributed by atoms with Gasteiger partial charge in [-0.25, -0.2) is 0 Å². The van der Waals surface area contributed by atoms with Crippen molar-refractivity contribution in [3.05, 3.63) is 23.0 Å². The highest BCUT2D eigenvalue weighted by Crippen LogP contribution is 2.21. The number of aromatic nitrogens is 1. The summed E-state index contributed by atoms with van der Waals surface area (Å²) in [5.74, 6) is -0.0277. The zero-order chi connectivity index (χ0) is 12.1. The van der Waals surface area contributed by atoms with Crippen LogP contribution in [-0.4, -0.2) is 26.5 Å². The lowest BCUT2D eigenvalue weighted by molar-refractivity contribution is 0.280. The third-order valence-electron chi connectivity index (χ3n) is 1.90. The topological polar surface area (TPSA) is 104 Å². The van der Waals surface area contributed by atoms with Crippen molar-refractivity contribution in [2.24, 2.45) is 10.8 Å². The molecule has 0 fully saturated rings. The number of hydrogen-bond donors (Lipinski definition) is 4. The van der Waals surface area contributed by atoms with E-state index in [1.807, 2.05) is 0 Å². The molecule has 7 heteroatoms. The minimum Gasteiger partial charge on any atom is -0.505 e. The average Bonchev–Trinajstić information content (AvgIpc) is 2.24. The number of aliphatic hydroxyl groups is 1. The van der Waals surface area contributed by atoms with E-state index in [0.717, 1.165) is 0 Å². The monoisotopic (exact) mass is 240 g/mol. The number of nitrogens with zero attached hydrogens (tertiary/aromatic N) is 2. The third kappa shape index (κ3) is 2.88. The number of nitrogens with two attached hydrogens (primary N) is 1. The molecule has 0 radical (unpaired) electrons. The Balaban J connectivity index is 3.05. The second kappa shape index (κ2) is 5.38. The smallest absolute Gasteiger partial charge is 0.184 e. The van der Waals surface area contributed by atoms with E-state index in [2.05, 4.69) is 27.7 Å². The van der Waals surface area contributed by atoms with Crippen LogP contribution in [0, 0.1) is 6.92 Å². The van der Waals surface area contributed by atoms with E-state index in [0.29, 0.717) is 16.8 Å². The highest BCUT2D eigenvalue weighted by atomic mass is 32.1. The maximum Gasteiger partial charge on any atom is 0.184 e. The summed E-state index contributed by atoms with van der Waals surface area (Å²) in [6, 6.07) is 0. The minimum absolute atomic E-state index is 0.0204. The highest BCUT2D eigenvalue weighted by Gasteiger charge is 2.08. The molecule has 0 aromatic carbocycles. The van der Waals surface area contributed by atoms with Gasteiger partial charge in [0.2, 0.25) is 0 Å². The normalized spacial score (nSPS) is 10.6. The SMILES string of the molecule is Cc1ncc(CO)c(/C=N\NC(N)=S)c1O. The van der Waals surface area contributed by atoms with Gasteiger partial charge in [0, 0.05) is 17.3 Å². The Morgan fingerprint density at radius 2 is 2.44 bits per heavy atom. The molecule has 1 aromatic heterocycles. The summed E-state index contributed by atoms with van der Waals surface area (Å²) in [4.78, 5) is 3.91. The van der Waals surface area contributed by atoms with Gasteiger partial charge in [-0.3, -0.25) is 10.4 Å². The average molecular weight is 240 g/mol. The Bertz CT molecular complexity index is 434. The maximum atomic E-state index is 9.72. The van der Waals surface area contributed by atoms with Crippen molar-refractivity contribution >= 4 is 23.5 Å². The van der Waals surface area contributed by atoms with Crippen molar-refractivity contribution in [1.82, 2.24) is 10.4 Å². The first-order chi connectivity index (χ1) is 7.56. The van der Waals surface area contributed by atoms with E-state index in [9.17, 15) is 5.11 Å². The van der Waals surface area contributed by atoms with E-state index in [1.54, 1.807) is 6.92 Å². The highest BCUT2D eigenvalue weighted by molar-refractivity contribution is 7.80. The van der Waals surface area contributed by atoms with Gasteiger partial charge < -0.3 is 15.9 Å². The number of hydrazone groups is 1. The van der Waals surface area contributed by atoms with Crippen LogP contribution in [0.4, 0.5) is 0 Å². The standard InChI is InChI=1S/C9H12N4O2S/c1-5-8(15)7(3-12-13-9(10)16)6(4-14)2-11-5/h2-3,14-15H,4H2,1H3,(H3,10,13,16)/b12-3-. The Morgan fingerprint density at radius 1 is 1.75 bits per heavy atom. The molecule has 1 heterocycles. The second-order valence-electron chi connectivity index (χ2n) is 3.02. The molecule has 0 aliphatic rings. The zero-order valence-corrected chi connectivity index (χ0v) is 9.45. The number of nitrogens with one attached hydrogen (secondary N) is 1. The van der Waals surface area contributed by atoms with Crippen LogP contribution in [0.15, 0.2) is 11.3 Å². The van der Waals surface area contributed by atoms with Crippen LogP contribution in [-0.2, 0) is 6.61 Å². The Hall–Kier alpha value is -1.73. The number of pyridine rings is 1. The third-order valence-corrected chi connectivity index (χ3v) is 1.99. The summed E-state index contributed by atoms with van der Waals surface area (Å²) in [7, 11) is 0. The molecule has 0 aliphatic heterocycles. The minimum atomic E-state index is -0.241. The summed E-state index contributed by atoms with van der Waals surface area (Å²) in [6.07, 6.45) is 2.80. The van der Waals surface area contributed by atoms with Gasteiger partial charge in [-0.05, 0) is 19.1 Å². The number of aromatic hydroxyl groups is 1. The fraction of sp³-hybridized carbons (Fsp3) is 0.222. The van der Waals surface area contributed by atoms with Crippen molar-refractivity contribution in [2.75, 3.05) is 0 Å². The Morgan fingerprint density at radius 3 is 3.00 bits per heavy atom. The largest absolute Gasteiger partial charge is 0.505 e. The number of thiocarbonyl (C=S) groups is 1. The van der Waals surface area contributed by atoms with Crippen LogP contribution < -0.4 is 11.2 Å². The molecule has 86 valence electrons. The van der Waals surface area contributed by atoms with Crippen molar-refractivity contribution in [1.29, 1.82) is 0 Å². The van der Waals surface area contributed by atoms with E-state index < -0.39 is 0 Å². The molecular formula is C9H12N4O2S. The van der Waals surface area contributed by atoms with Crippen molar-refractivity contribution in [3.8, 4) is 5.75 Å². The fourth-order valence-corrected chi connectivity index (χ4v) is 1.14. The Kier molecular flexibility index (Phi) is 4.15. The molecule has 0 unspecified atom stereocenters.